The molecule has 5 N–H and O–H groups in total. The van der Waals surface area contributed by atoms with Crippen LogP contribution in [0.25, 0.3) is 0 Å². The molecule has 0 aromatic rings. The Labute approximate surface area is 219 Å². The highest BCUT2D eigenvalue weighted by atomic mass is 31.2. The number of quaternary nitrogens is 1. The summed E-state index contributed by atoms with van der Waals surface area (Å²) in [6, 6.07) is 0. The number of allylic oxidation sites excluding steroid dienone is 2. The molecule has 1 aliphatic carbocycles. The average Bonchev–Trinajstić information content (AvgIpc) is 3.48. The van der Waals surface area contributed by atoms with Crippen LogP contribution in [0.15, 0.2) is 24.3 Å². The second-order valence-corrected chi connectivity index (χ2v) is 10.9. The number of carbonyl (C=O) groups is 1. The predicted molar refractivity (Wildman–Crippen MR) is 132 cm³/mol. The zero-order valence-corrected chi connectivity index (χ0v) is 22.7. The molecule has 2 rings (SSSR count). The Hall–Kier alpha value is -1.14. The topological polar surface area (TPSA) is 171 Å². The highest BCUT2D eigenvalue weighted by Gasteiger charge is 2.49. The maximum Gasteiger partial charge on any atom is 0.306 e. The van der Waals surface area contributed by atoms with Gasteiger partial charge in [0.2, 0.25) is 0 Å². The van der Waals surface area contributed by atoms with E-state index in [0.29, 0.717) is 12.8 Å². The first-order valence-electron chi connectivity index (χ1n) is 13.3. The molecular weight excluding hydrogens is 505 g/mol. The summed E-state index contributed by atoms with van der Waals surface area (Å²) in [5.74, 6) is -0.0685. The highest BCUT2D eigenvalue weighted by molar-refractivity contribution is 7.45. The van der Waals surface area contributed by atoms with Gasteiger partial charge >= 0.3 is 5.97 Å². The fourth-order valence-electron chi connectivity index (χ4n) is 4.47. The van der Waals surface area contributed by atoms with Crippen LogP contribution in [0.3, 0.4) is 0 Å². The van der Waals surface area contributed by atoms with Crippen LogP contribution in [0.4, 0.5) is 0 Å². The lowest BCUT2D eigenvalue weighted by atomic mass is 9.89. The van der Waals surface area contributed by atoms with Crippen molar-refractivity contribution >= 4 is 13.8 Å². The van der Waals surface area contributed by atoms with E-state index in [0.717, 1.165) is 38.5 Å². The van der Waals surface area contributed by atoms with Crippen molar-refractivity contribution in [3.05, 3.63) is 24.3 Å². The molecule has 2 fully saturated rings. The van der Waals surface area contributed by atoms with Gasteiger partial charge < -0.3 is 34.6 Å². The molecule has 1 aliphatic heterocycles. The molecule has 7 atom stereocenters. The van der Waals surface area contributed by atoms with Crippen LogP contribution < -0.4 is 10.6 Å². The van der Waals surface area contributed by atoms with Crippen molar-refractivity contribution < 1.29 is 53.8 Å². The average molecular weight is 550 g/mol. The standard InChI is InChI=1S/C25H44NO10P/c1-2-3-6-9-19(28)12-13-22-21(23-16-24(22)36-35-23)10-7-4-5-8-11-25(29)34-20(17-27)18-33-37(30,31)32-15-14-26/h4,7,12-13,19-24,27-28H,2-3,5-6,8-11,14-18,26H2,1H3,(H,30,31)/b7-4-,13-12+/t19-,20+,21+,22+,23-,24+/m0/s1. The molecule has 1 saturated carbocycles. The Morgan fingerprint density at radius 2 is 2.00 bits per heavy atom. The second-order valence-electron chi connectivity index (χ2n) is 9.52. The van der Waals surface area contributed by atoms with Crippen LogP contribution in [0.5, 0.6) is 0 Å². The van der Waals surface area contributed by atoms with Gasteiger partial charge in [-0.05, 0) is 25.7 Å². The zero-order valence-electron chi connectivity index (χ0n) is 21.8. The number of unbranched alkanes of at least 4 members (excludes halogenated alkanes) is 3. The molecule has 0 radical (unpaired) electrons. The fourth-order valence-corrected chi connectivity index (χ4v) is 5.24. The van der Waals surface area contributed by atoms with Crippen molar-refractivity contribution in [2.45, 2.75) is 89.1 Å². The summed E-state index contributed by atoms with van der Waals surface area (Å²) in [5, 5.41) is 19.5. The molecule has 214 valence electrons. The Morgan fingerprint density at radius 1 is 1.22 bits per heavy atom. The van der Waals surface area contributed by atoms with Crippen molar-refractivity contribution in [3.8, 4) is 0 Å². The van der Waals surface area contributed by atoms with Gasteiger partial charge in [0.05, 0.1) is 32.0 Å². The van der Waals surface area contributed by atoms with Gasteiger partial charge in [0.25, 0.3) is 7.82 Å². The molecule has 0 aromatic carbocycles. The fraction of sp³-hybridized carbons (Fsp3) is 0.800. The lowest BCUT2D eigenvalue weighted by Gasteiger charge is -2.27. The van der Waals surface area contributed by atoms with E-state index in [1.54, 1.807) is 0 Å². The van der Waals surface area contributed by atoms with Crippen LogP contribution >= 0.6 is 7.82 Å². The van der Waals surface area contributed by atoms with Gasteiger partial charge in [-0.15, -0.1) is 0 Å². The molecule has 1 saturated heterocycles. The van der Waals surface area contributed by atoms with E-state index in [-0.39, 0.29) is 43.6 Å². The first kappa shape index (κ1) is 32.1. The van der Waals surface area contributed by atoms with Crippen LogP contribution in [0.1, 0.15) is 64.7 Å². The molecule has 1 heterocycles. The number of rotatable bonds is 20. The van der Waals surface area contributed by atoms with Crippen molar-refractivity contribution in [2.24, 2.45) is 11.8 Å². The zero-order chi connectivity index (χ0) is 27.1. The van der Waals surface area contributed by atoms with Gasteiger partial charge in [-0.3, -0.25) is 9.36 Å². The molecule has 37 heavy (non-hydrogen) atoms. The minimum Gasteiger partial charge on any atom is -0.756 e. The van der Waals surface area contributed by atoms with Crippen molar-refractivity contribution in [2.75, 3.05) is 26.4 Å². The van der Waals surface area contributed by atoms with Crippen LogP contribution in [-0.2, 0) is 32.9 Å². The molecule has 1 unspecified atom stereocenters. The largest absolute Gasteiger partial charge is 0.756 e. The Bertz CT molecular complexity index is 764. The summed E-state index contributed by atoms with van der Waals surface area (Å²) in [4.78, 5) is 34.4. The number of carbonyl (C=O) groups excluding carboxylic acids is 1. The van der Waals surface area contributed by atoms with E-state index >= 15 is 0 Å². The predicted octanol–water partition coefficient (Wildman–Crippen LogP) is 1.58. The summed E-state index contributed by atoms with van der Waals surface area (Å²) >= 11 is 0. The Morgan fingerprint density at radius 3 is 2.73 bits per heavy atom. The van der Waals surface area contributed by atoms with E-state index in [1.807, 2.05) is 12.2 Å². The van der Waals surface area contributed by atoms with Gasteiger partial charge in [0.15, 0.2) is 0 Å². The summed E-state index contributed by atoms with van der Waals surface area (Å²) < 4.78 is 25.8. The quantitative estimate of drug-likeness (QED) is 0.0666. The van der Waals surface area contributed by atoms with Gasteiger partial charge in [0.1, 0.15) is 18.8 Å². The lowest BCUT2D eigenvalue weighted by molar-refractivity contribution is -0.373. The minimum atomic E-state index is -4.52. The van der Waals surface area contributed by atoms with Gasteiger partial charge in [0, 0.05) is 24.7 Å². The van der Waals surface area contributed by atoms with E-state index in [9.17, 15) is 24.5 Å². The number of ether oxygens (including phenoxy) is 1. The monoisotopic (exact) mass is 549 g/mol. The van der Waals surface area contributed by atoms with Gasteiger partial charge in [-0.1, -0.05) is 50.5 Å². The maximum absolute atomic E-state index is 12.0. The summed E-state index contributed by atoms with van der Waals surface area (Å²) in [7, 11) is -4.52. The smallest absolute Gasteiger partial charge is 0.306 e. The number of fused-ring (bicyclic) bond motifs is 2. The van der Waals surface area contributed by atoms with Crippen LogP contribution in [0, 0.1) is 11.8 Å². The number of aliphatic hydroxyl groups excluding tert-OH is 2. The number of esters is 1. The third-order valence-corrected chi connectivity index (χ3v) is 7.43. The number of phosphoric acid groups is 1. The molecule has 0 aromatic heterocycles. The lowest BCUT2D eigenvalue weighted by Crippen LogP contribution is -2.52. The molecule has 12 heteroatoms. The minimum absolute atomic E-state index is 0.0199. The molecule has 2 aliphatic rings. The molecule has 0 amide bonds. The molecule has 0 spiro atoms. The van der Waals surface area contributed by atoms with E-state index in [4.69, 9.17) is 14.5 Å². The normalized spacial score (nSPS) is 26.6. The SMILES string of the molecule is CCCCC[C@H](O)/C=C/[C@@H]1[C@@H](C/C=C\CCCC(=O)O[C@H](CO)COP(=O)([O-])OCC[NH3+])[C@@H]2C[C@H]1OO2. The summed E-state index contributed by atoms with van der Waals surface area (Å²) in [6.07, 6.45) is 13.6. The van der Waals surface area contributed by atoms with E-state index < -0.39 is 39.2 Å². The third kappa shape index (κ3) is 12.1. The first-order valence-corrected chi connectivity index (χ1v) is 14.8. The van der Waals surface area contributed by atoms with Crippen molar-refractivity contribution in [1.82, 2.24) is 0 Å². The van der Waals surface area contributed by atoms with Crippen molar-refractivity contribution in [3.63, 3.8) is 0 Å². The van der Waals surface area contributed by atoms with Crippen LogP contribution in [-0.4, -0.2) is 67.0 Å². The first-order chi connectivity index (χ1) is 17.8. The molecule has 2 bridgehead atoms. The number of aliphatic hydroxyl groups is 2. The second kappa shape index (κ2) is 17.4. The van der Waals surface area contributed by atoms with Crippen LogP contribution in [0.2, 0.25) is 0 Å². The number of phosphoric ester groups is 1. The van der Waals surface area contributed by atoms with Crippen molar-refractivity contribution in [1.29, 1.82) is 0 Å². The van der Waals surface area contributed by atoms with E-state index in [1.165, 1.54) is 0 Å². The Kier molecular flexibility index (Phi) is 15.1. The van der Waals surface area contributed by atoms with Gasteiger partial charge in [-0.2, -0.15) is 0 Å². The molecular formula is C25H44NO10P. The van der Waals surface area contributed by atoms with Gasteiger partial charge in [-0.25, -0.2) is 9.78 Å². The Balaban J connectivity index is 1.67. The third-order valence-electron chi connectivity index (χ3n) is 6.47. The summed E-state index contributed by atoms with van der Waals surface area (Å²) in [5.41, 5.74) is 3.47. The molecule has 11 nitrogen and oxygen atoms in total. The number of hydrogen-bond donors (Lipinski definition) is 3. The highest BCUT2D eigenvalue weighted by Crippen LogP contribution is 2.45. The number of hydrogen-bond acceptors (Lipinski definition) is 10. The van der Waals surface area contributed by atoms with E-state index in [2.05, 4.69) is 33.9 Å². The summed E-state index contributed by atoms with van der Waals surface area (Å²) in [6.45, 7) is 1.21. The maximum atomic E-state index is 12.0.